The van der Waals surface area contributed by atoms with Gasteiger partial charge in [-0.3, -0.25) is 14.5 Å². The van der Waals surface area contributed by atoms with Crippen molar-refractivity contribution in [2.24, 2.45) is 11.3 Å². The van der Waals surface area contributed by atoms with Crippen molar-refractivity contribution in [1.82, 2.24) is 19.4 Å². The molecule has 1 N–H and O–H groups in total. The Bertz CT molecular complexity index is 1170. The highest BCUT2D eigenvalue weighted by atomic mass is 35.5. The van der Waals surface area contributed by atoms with E-state index in [0.717, 1.165) is 11.3 Å². The van der Waals surface area contributed by atoms with Crippen molar-refractivity contribution in [3.8, 4) is 0 Å². The lowest BCUT2D eigenvalue weighted by Crippen LogP contribution is -2.55. The summed E-state index contributed by atoms with van der Waals surface area (Å²) in [6.45, 7) is 6.27. The fraction of sp³-hybridized carbons (Fsp3) is 0.609. The van der Waals surface area contributed by atoms with E-state index in [9.17, 15) is 22.8 Å². The van der Waals surface area contributed by atoms with Crippen molar-refractivity contribution in [2.75, 3.05) is 32.7 Å². The maximum atomic E-state index is 13.3. The Balaban J connectivity index is 1.40. The van der Waals surface area contributed by atoms with Gasteiger partial charge >= 0.3 is 6.03 Å². The second-order valence-corrected chi connectivity index (χ2v) is 13.3. The molecule has 35 heavy (non-hydrogen) atoms. The molecule has 192 valence electrons. The maximum Gasteiger partial charge on any atom is 0.325 e. The SMILES string of the molecule is C[C@H]1CC(C)(C)C[C@@]2(C1)NC(=O)N(CC(=O)N1CCN(S(=O)(=O)c3cccc(Cl)c3Cl)CC1)C2=O. The van der Waals surface area contributed by atoms with Crippen molar-refractivity contribution in [2.45, 2.75) is 50.5 Å². The average Bonchev–Trinajstić information content (AvgIpc) is 2.97. The molecule has 0 unspecified atom stereocenters. The van der Waals surface area contributed by atoms with Gasteiger partial charge in [-0.05, 0) is 42.7 Å². The summed E-state index contributed by atoms with van der Waals surface area (Å²) in [5, 5.41) is 2.98. The van der Waals surface area contributed by atoms with Crippen LogP contribution < -0.4 is 5.32 Å². The Hall–Kier alpha value is -1.88. The van der Waals surface area contributed by atoms with E-state index in [1.807, 2.05) is 0 Å². The topological polar surface area (TPSA) is 107 Å². The van der Waals surface area contributed by atoms with Crippen LogP contribution in [0.2, 0.25) is 10.0 Å². The van der Waals surface area contributed by atoms with E-state index in [-0.39, 0.29) is 64.9 Å². The van der Waals surface area contributed by atoms with Crippen LogP contribution in [0, 0.1) is 11.3 Å². The minimum Gasteiger partial charge on any atom is -0.338 e. The summed E-state index contributed by atoms with van der Waals surface area (Å²) in [5.41, 5.74) is -1.07. The predicted molar refractivity (Wildman–Crippen MR) is 132 cm³/mol. The number of hydrogen-bond acceptors (Lipinski definition) is 5. The molecule has 2 atom stereocenters. The smallest absolute Gasteiger partial charge is 0.325 e. The number of carbonyl (C=O) groups is 3. The predicted octanol–water partition coefficient (Wildman–Crippen LogP) is 2.96. The molecule has 3 fully saturated rings. The van der Waals surface area contributed by atoms with E-state index >= 15 is 0 Å². The first-order valence-electron chi connectivity index (χ1n) is 11.6. The monoisotopic (exact) mass is 544 g/mol. The number of halogens is 2. The van der Waals surface area contributed by atoms with Gasteiger partial charge in [-0.15, -0.1) is 0 Å². The van der Waals surface area contributed by atoms with Gasteiger partial charge < -0.3 is 10.2 Å². The minimum absolute atomic E-state index is 0.0413. The number of hydrogen-bond donors (Lipinski definition) is 1. The van der Waals surface area contributed by atoms with Crippen LogP contribution in [-0.4, -0.2) is 78.6 Å². The highest BCUT2D eigenvalue weighted by Crippen LogP contribution is 2.46. The van der Waals surface area contributed by atoms with Crippen LogP contribution in [0.4, 0.5) is 4.79 Å². The van der Waals surface area contributed by atoms with Crippen LogP contribution in [0.3, 0.4) is 0 Å². The Morgan fingerprint density at radius 1 is 1.11 bits per heavy atom. The van der Waals surface area contributed by atoms with Gasteiger partial charge in [0.05, 0.1) is 10.0 Å². The van der Waals surface area contributed by atoms with E-state index in [1.54, 1.807) is 0 Å². The summed E-state index contributed by atoms with van der Waals surface area (Å²) in [5.74, 6) is -0.486. The molecule has 3 aliphatic rings. The number of nitrogens with zero attached hydrogens (tertiary/aromatic N) is 3. The normalized spacial score (nSPS) is 27.4. The molecule has 0 aromatic heterocycles. The molecule has 0 bridgehead atoms. The molecule has 1 aromatic carbocycles. The second kappa shape index (κ2) is 9.21. The number of nitrogens with one attached hydrogen (secondary N) is 1. The van der Waals surface area contributed by atoms with Crippen LogP contribution in [0.25, 0.3) is 0 Å². The van der Waals surface area contributed by atoms with Gasteiger partial charge in [0.15, 0.2) is 0 Å². The molecule has 4 rings (SSSR count). The molecular formula is C23H30Cl2N4O5S. The largest absolute Gasteiger partial charge is 0.338 e. The van der Waals surface area contributed by atoms with Crippen molar-refractivity contribution < 1.29 is 22.8 Å². The van der Waals surface area contributed by atoms with Crippen LogP contribution in [-0.2, 0) is 19.6 Å². The van der Waals surface area contributed by atoms with Crippen molar-refractivity contribution >= 4 is 51.1 Å². The molecule has 2 aliphatic heterocycles. The molecule has 1 saturated carbocycles. The lowest BCUT2D eigenvalue weighted by Gasteiger charge is -2.43. The number of sulfonamides is 1. The molecule has 1 aliphatic carbocycles. The first-order valence-corrected chi connectivity index (χ1v) is 13.8. The summed E-state index contributed by atoms with van der Waals surface area (Å²) in [6, 6.07) is 3.86. The Labute approximate surface area is 215 Å². The van der Waals surface area contributed by atoms with Crippen molar-refractivity contribution in [1.29, 1.82) is 0 Å². The summed E-state index contributed by atoms with van der Waals surface area (Å²) in [6.07, 6.45) is 2.04. The standard InChI is InChI=1S/C23H30Cl2N4O5S/c1-15-11-22(2,3)14-23(12-15)20(31)29(21(32)26-23)13-18(30)27-7-9-28(10-8-27)35(33,34)17-6-4-5-16(24)19(17)25/h4-6,15H,7-14H2,1-3H3,(H,26,32)/t15-,23+/m0/s1. The Morgan fingerprint density at radius 2 is 1.77 bits per heavy atom. The number of urea groups is 1. The van der Waals surface area contributed by atoms with Crippen LogP contribution in [0.5, 0.6) is 0 Å². The quantitative estimate of drug-likeness (QED) is 0.586. The van der Waals surface area contributed by atoms with E-state index in [2.05, 4.69) is 26.1 Å². The van der Waals surface area contributed by atoms with Crippen molar-refractivity contribution in [3.63, 3.8) is 0 Å². The van der Waals surface area contributed by atoms with Crippen LogP contribution in [0.15, 0.2) is 23.1 Å². The van der Waals surface area contributed by atoms with Crippen LogP contribution >= 0.6 is 23.2 Å². The lowest BCUT2D eigenvalue weighted by atomic mass is 9.64. The fourth-order valence-corrected chi connectivity index (χ4v) is 8.04. The molecule has 2 heterocycles. The Morgan fingerprint density at radius 3 is 2.40 bits per heavy atom. The zero-order valence-electron chi connectivity index (χ0n) is 20.0. The molecule has 1 aromatic rings. The number of piperazine rings is 1. The van der Waals surface area contributed by atoms with Gasteiger partial charge in [0, 0.05) is 26.2 Å². The number of benzene rings is 1. The third-order valence-corrected chi connectivity index (χ3v) is 9.91. The van der Waals surface area contributed by atoms with Gasteiger partial charge in [-0.1, -0.05) is 50.0 Å². The molecular weight excluding hydrogens is 515 g/mol. The zero-order valence-corrected chi connectivity index (χ0v) is 22.3. The summed E-state index contributed by atoms with van der Waals surface area (Å²) in [7, 11) is -3.89. The first-order chi connectivity index (χ1) is 16.3. The van der Waals surface area contributed by atoms with E-state index in [1.165, 1.54) is 27.4 Å². The third kappa shape index (κ3) is 4.90. The summed E-state index contributed by atoms with van der Waals surface area (Å²) >= 11 is 12.1. The third-order valence-electron chi connectivity index (χ3n) is 7.04. The number of carbonyl (C=O) groups excluding carboxylic acids is 3. The Kier molecular flexibility index (Phi) is 6.89. The fourth-order valence-electron chi connectivity index (χ4n) is 5.89. The van der Waals surface area contributed by atoms with Gasteiger partial charge in [-0.25, -0.2) is 13.2 Å². The molecule has 12 heteroatoms. The second-order valence-electron chi connectivity index (χ2n) is 10.6. The van der Waals surface area contributed by atoms with Gasteiger partial charge in [-0.2, -0.15) is 4.31 Å². The molecule has 4 amide bonds. The highest BCUT2D eigenvalue weighted by Gasteiger charge is 2.56. The van der Waals surface area contributed by atoms with E-state index in [4.69, 9.17) is 23.2 Å². The van der Waals surface area contributed by atoms with Crippen LogP contribution in [0.1, 0.15) is 40.0 Å². The first kappa shape index (κ1) is 26.2. The summed E-state index contributed by atoms with van der Waals surface area (Å²) in [4.78, 5) is 41.4. The molecule has 2 saturated heterocycles. The minimum atomic E-state index is -3.89. The maximum absolute atomic E-state index is 13.3. The summed E-state index contributed by atoms with van der Waals surface area (Å²) < 4.78 is 27.3. The van der Waals surface area contributed by atoms with Gasteiger partial charge in [0.1, 0.15) is 17.0 Å². The van der Waals surface area contributed by atoms with Gasteiger partial charge in [0.2, 0.25) is 15.9 Å². The number of amides is 4. The molecule has 1 spiro atoms. The van der Waals surface area contributed by atoms with Crippen molar-refractivity contribution in [3.05, 3.63) is 28.2 Å². The average molecular weight is 545 g/mol. The number of imide groups is 1. The number of rotatable bonds is 4. The molecule has 0 radical (unpaired) electrons. The van der Waals surface area contributed by atoms with E-state index < -0.39 is 27.5 Å². The molecule has 9 nitrogen and oxygen atoms in total. The van der Waals surface area contributed by atoms with E-state index in [0.29, 0.717) is 12.8 Å². The van der Waals surface area contributed by atoms with Gasteiger partial charge in [0.25, 0.3) is 5.91 Å². The zero-order chi connectivity index (χ0) is 25.8. The highest BCUT2D eigenvalue weighted by molar-refractivity contribution is 7.89. The lowest BCUT2D eigenvalue weighted by molar-refractivity contribution is -0.141.